The lowest BCUT2D eigenvalue weighted by molar-refractivity contribution is 1.22. The SMILES string of the molecule is Cc1ccsc1N(C)c1cc(C#N)ccc1N. The summed E-state index contributed by atoms with van der Waals surface area (Å²) in [6.45, 7) is 2.06. The quantitative estimate of drug-likeness (QED) is 0.823. The third kappa shape index (κ3) is 2.10. The van der Waals surface area contributed by atoms with E-state index < -0.39 is 0 Å². The van der Waals surface area contributed by atoms with Crippen molar-refractivity contribution in [1.29, 1.82) is 5.26 Å². The van der Waals surface area contributed by atoms with Crippen LogP contribution in [0.15, 0.2) is 29.6 Å². The molecule has 2 aromatic rings. The number of aryl methyl sites for hydroxylation is 1. The zero-order valence-corrected chi connectivity index (χ0v) is 10.6. The minimum atomic E-state index is 0.621. The van der Waals surface area contributed by atoms with E-state index in [1.165, 1.54) is 5.56 Å². The number of hydrogen-bond acceptors (Lipinski definition) is 4. The maximum atomic E-state index is 8.91. The van der Waals surface area contributed by atoms with Crippen LogP contribution in [0.2, 0.25) is 0 Å². The van der Waals surface area contributed by atoms with Crippen molar-refractivity contribution in [3.63, 3.8) is 0 Å². The van der Waals surface area contributed by atoms with E-state index in [0.717, 1.165) is 10.7 Å². The lowest BCUT2D eigenvalue weighted by atomic mass is 10.1. The molecule has 0 saturated heterocycles. The first kappa shape index (κ1) is 11.5. The summed E-state index contributed by atoms with van der Waals surface area (Å²) in [6, 6.07) is 9.52. The van der Waals surface area contributed by atoms with Gasteiger partial charge in [-0.1, -0.05) is 0 Å². The molecule has 1 aromatic carbocycles. The molecule has 0 aliphatic carbocycles. The monoisotopic (exact) mass is 243 g/mol. The van der Waals surface area contributed by atoms with E-state index in [-0.39, 0.29) is 0 Å². The second kappa shape index (κ2) is 4.48. The van der Waals surface area contributed by atoms with Crippen molar-refractivity contribution >= 4 is 27.7 Å². The second-order valence-electron chi connectivity index (χ2n) is 3.85. The molecule has 2 N–H and O–H groups in total. The van der Waals surface area contributed by atoms with Crippen molar-refractivity contribution in [1.82, 2.24) is 0 Å². The summed E-state index contributed by atoms with van der Waals surface area (Å²) < 4.78 is 0. The summed E-state index contributed by atoms with van der Waals surface area (Å²) >= 11 is 1.66. The Hall–Kier alpha value is -1.99. The van der Waals surface area contributed by atoms with Crippen molar-refractivity contribution in [3.05, 3.63) is 40.8 Å². The van der Waals surface area contributed by atoms with Gasteiger partial charge in [-0.3, -0.25) is 0 Å². The Balaban J connectivity index is 2.47. The van der Waals surface area contributed by atoms with Crippen molar-refractivity contribution in [2.75, 3.05) is 17.7 Å². The predicted octanol–water partition coefficient (Wildman–Crippen LogP) is 3.28. The molecule has 17 heavy (non-hydrogen) atoms. The van der Waals surface area contributed by atoms with E-state index >= 15 is 0 Å². The van der Waals surface area contributed by atoms with Gasteiger partial charge in [0.05, 0.1) is 28.0 Å². The number of nitrogens with zero attached hydrogens (tertiary/aromatic N) is 2. The maximum Gasteiger partial charge on any atom is 0.0992 e. The molecule has 1 aromatic heterocycles. The standard InChI is InChI=1S/C13H13N3S/c1-9-5-6-17-13(9)16(2)12-7-10(8-14)3-4-11(12)15/h3-7H,15H2,1-2H3. The van der Waals surface area contributed by atoms with Crippen LogP contribution in [0, 0.1) is 18.3 Å². The van der Waals surface area contributed by atoms with Crippen LogP contribution in [0.1, 0.15) is 11.1 Å². The lowest BCUT2D eigenvalue weighted by Crippen LogP contribution is -2.11. The summed E-state index contributed by atoms with van der Waals surface area (Å²) in [5.41, 5.74) is 9.33. The molecule has 0 saturated carbocycles. The fourth-order valence-electron chi connectivity index (χ4n) is 1.72. The molecule has 1 heterocycles. The molecule has 3 nitrogen and oxygen atoms in total. The molecule has 0 aliphatic heterocycles. The Morgan fingerprint density at radius 2 is 2.12 bits per heavy atom. The number of thiophene rings is 1. The number of nitriles is 1. The van der Waals surface area contributed by atoms with Gasteiger partial charge in [0.2, 0.25) is 0 Å². The highest BCUT2D eigenvalue weighted by atomic mass is 32.1. The smallest absolute Gasteiger partial charge is 0.0992 e. The topological polar surface area (TPSA) is 53.0 Å². The van der Waals surface area contributed by atoms with Crippen LogP contribution in [0.3, 0.4) is 0 Å². The molecule has 0 fully saturated rings. The highest BCUT2D eigenvalue weighted by Crippen LogP contribution is 2.35. The van der Waals surface area contributed by atoms with E-state index in [1.54, 1.807) is 23.5 Å². The second-order valence-corrected chi connectivity index (χ2v) is 4.75. The van der Waals surface area contributed by atoms with E-state index in [4.69, 9.17) is 11.0 Å². The van der Waals surface area contributed by atoms with Crippen molar-refractivity contribution in [2.45, 2.75) is 6.92 Å². The molecule has 0 spiro atoms. The first-order chi connectivity index (χ1) is 8.13. The van der Waals surface area contributed by atoms with Gasteiger partial charge in [-0.05, 0) is 42.1 Å². The van der Waals surface area contributed by atoms with Gasteiger partial charge in [-0.25, -0.2) is 0 Å². The Morgan fingerprint density at radius 3 is 2.71 bits per heavy atom. The van der Waals surface area contributed by atoms with Gasteiger partial charge >= 0.3 is 0 Å². The van der Waals surface area contributed by atoms with Gasteiger partial charge in [-0.15, -0.1) is 11.3 Å². The molecular formula is C13H13N3S. The molecule has 4 heteroatoms. The molecule has 0 bridgehead atoms. The Labute approximate surface area is 105 Å². The van der Waals surface area contributed by atoms with Crippen molar-refractivity contribution in [2.24, 2.45) is 0 Å². The van der Waals surface area contributed by atoms with E-state index in [9.17, 15) is 0 Å². The zero-order valence-electron chi connectivity index (χ0n) is 9.77. The summed E-state index contributed by atoms with van der Waals surface area (Å²) in [5, 5.41) is 12.1. The fourth-order valence-corrected chi connectivity index (χ4v) is 2.63. The van der Waals surface area contributed by atoms with Crippen LogP contribution in [0.5, 0.6) is 0 Å². The Bertz CT molecular complexity index is 581. The fraction of sp³-hybridized carbons (Fsp3) is 0.154. The lowest BCUT2D eigenvalue weighted by Gasteiger charge is -2.20. The summed E-state index contributed by atoms with van der Waals surface area (Å²) in [6.07, 6.45) is 0. The normalized spacial score (nSPS) is 9.94. The maximum absolute atomic E-state index is 8.91. The van der Waals surface area contributed by atoms with Crippen LogP contribution in [-0.4, -0.2) is 7.05 Å². The van der Waals surface area contributed by atoms with E-state index in [2.05, 4.69) is 19.1 Å². The largest absolute Gasteiger partial charge is 0.397 e. The Kier molecular flexibility index (Phi) is 3.03. The van der Waals surface area contributed by atoms with Gasteiger partial charge in [0.15, 0.2) is 0 Å². The van der Waals surface area contributed by atoms with Crippen LogP contribution in [-0.2, 0) is 0 Å². The number of nitrogen functional groups attached to an aromatic ring is 1. The Morgan fingerprint density at radius 1 is 1.35 bits per heavy atom. The summed E-state index contributed by atoms with van der Waals surface area (Å²) in [7, 11) is 1.96. The highest BCUT2D eigenvalue weighted by Gasteiger charge is 2.11. The summed E-state index contributed by atoms with van der Waals surface area (Å²) in [5.74, 6) is 0. The van der Waals surface area contributed by atoms with Gasteiger partial charge in [0.1, 0.15) is 0 Å². The van der Waals surface area contributed by atoms with Crippen LogP contribution in [0.25, 0.3) is 0 Å². The van der Waals surface area contributed by atoms with Crippen molar-refractivity contribution in [3.8, 4) is 6.07 Å². The van der Waals surface area contributed by atoms with Crippen LogP contribution >= 0.6 is 11.3 Å². The number of hydrogen-bond donors (Lipinski definition) is 1. The predicted molar refractivity (Wildman–Crippen MR) is 72.7 cm³/mol. The minimum Gasteiger partial charge on any atom is -0.397 e. The first-order valence-electron chi connectivity index (χ1n) is 5.21. The summed E-state index contributed by atoms with van der Waals surface area (Å²) in [4.78, 5) is 2.02. The molecule has 2 rings (SSSR count). The third-order valence-corrected chi connectivity index (χ3v) is 3.75. The zero-order chi connectivity index (χ0) is 12.4. The molecule has 0 unspecified atom stereocenters. The van der Waals surface area contributed by atoms with Gasteiger partial charge in [0, 0.05) is 7.05 Å². The molecular weight excluding hydrogens is 230 g/mol. The van der Waals surface area contributed by atoms with Crippen molar-refractivity contribution < 1.29 is 0 Å². The van der Waals surface area contributed by atoms with E-state index in [0.29, 0.717) is 11.3 Å². The first-order valence-corrected chi connectivity index (χ1v) is 6.09. The molecule has 86 valence electrons. The minimum absolute atomic E-state index is 0.621. The van der Waals surface area contributed by atoms with Crippen LogP contribution in [0.4, 0.5) is 16.4 Å². The number of anilines is 3. The average molecular weight is 243 g/mol. The number of benzene rings is 1. The number of rotatable bonds is 2. The van der Waals surface area contributed by atoms with Gasteiger partial charge in [-0.2, -0.15) is 5.26 Å². The molecule has 0 atom stereocenters. The van der Waals surface area contributed by atoms with Gasteiger partial charge < -0.3 is 10.6 Å². The molecule has 0 amide bonds. The number of nitrogens with two attached hydrogens (primary N) is 1. The molecule has 0 radical (unpaired) electrons. The average Bonchev–Trinajstić information content (AvgIpc) is 2.75. The molecule has 0 aliphatic rings. The highest BCUT2D eigenvalue weighted by molar-refractivity contribution is 7.14. The van der Waals surface area contributed by atoms with Crippen LogP contribution < -0.4 is 10.6 Å². The third-order valence-electron chi connectivity index (χ3n) is 2.66. The van der Waals surface area contributed by atoms with E-state index in [1.807, 2.05) is 23.4 Å². The van der Waals surface area contributed by atoms with Gasteiger partial charge in [0.25, 0.3) is 0 Å².